The van der Waals surface area contributed by atoms with E-state index in [1.807, 2.05) is 37.3 Å². The van der Waals surface area contributed by atoms with Crippen molar-refractivity contribution < 1.29 is 4.92 Å². The van der Waals surface area contributed by atoms with Gasteiger partial charge in [0.2, 0.25) is 0 Å². The SMILES string of the molecule is Cc1ccc([N+](=O)[O-])cc1-n1nnc(CN)c1-c1ccccc1. The number of hydrogen-bond donors (Lipinski definition) is 1. The third-order valence-corrected chi connectivity index (χ3v) is 3.61. The molecule has 0 aliphatic rings. The normalized spacial score (nSPS) is 10.7. The van der Waals surface area contributed by atoms with Gasteiger partial charge >= 0.3 is 0 Å². The minimum atomic E-state index is -0.425. The van der Waals surface area contributed by atoms with Gasteiger partial charge in [-0.3, -0.25) is 10.1 Å². The molecule has 0 saturated heterocycles. The summed E-state index contributed by atoms with van der Waals surface area (Å²) >= 11 is 0. The summed E-state index contributed by atoms with van der Waals surface area (Å²) in [6.07, 6.45) is 0. The van der Waals surface area contributed by atoms with Gasteiger partial charge in [-0.1, -0.05) is 41.6 Å². The monoisotopic (exact) mass is 309 g/mol. The van der Waals surface area contributed by atoms with E-state index in [0.717, 1.165) is 16.8 Å². The summed E-state index contributed by atoms with van der Waals surface area (Å²) in [5.41, 5.74) is 9.55. The van der Waals surface area contributed by atoms with Crippen molar-refractivity contribution in [3.05, 3.63) is 69.9 Å². The number of rotatable bonds is 4. The molecule has 0 unspecified atom stereocenters. The number of hydrogen-bond acceptors (Lipinski definition) is 5. The van der Waals surface area contributed by atoms with Crippen molar-refractivity contribution in [2.45, 2.75) is 13.5 Å². The number of non-ortho nitro benzene ring substituents is 1. The van der Waals surface area contributed by atoms with Crippen molar-refractivity contribution in [3.8, 4) is 16.9 Å². The van der Waals surface area contributed by atoms with E-state index in [9.17, 15) is 10.1 Å². The fourth-order valence-electron chi connectivity index (χ4n) is 2.44. The third-order valence-electron chi connectivity index (χ3n) is 3.61. The fourth-order valence-corrected chi connectivity index (χ4v) is 2.44. The number of nitrogens with two attached hydrogens (primary N) is 1. The number of benzene rings is 2. The second-order valence-electron chi connectivity index (χ2n) is 5.09. The highest BCUT2D eigenvalue weighted by atomic mass is 16.6. The summed E-state index contributed by atoms with van der Waals surface area (Å²) in [6, 6.07) is 14.3. The average molecular weight is 309 g/mol. The zero-order chi connectivity index (χ0) is 16.4. The molecule has 0 amide bonds. The van der Waals surface area contributed by atoms with Crippen molar-refractivity contribution >= 4 is 5.69 Å². The lowest BCUT2D eigenvalue weighted by Crippen LogP contribution is -2.04. The van der Waals surface area contributed by atoms with Crippen LogP contribution in [0.4, 0.5) is 5.69 Å². The standard InChI is InChI=1S/C16H15N5O2/c1-11-7-8-13(21(22)23)9-15(11)20-16(14(10-17)18-19-20)12-5-3-2-4-6-12/h2-9H,10,17H2,1H3. The molecule has 23 heavy (non-hydrogen) atoms. The van der Waals surface area contributed by atoms with Crippen molar-refractivity contribution in [1.29, 1.82) is 0 Å². The first kappa shape index (κ1) is 14.9. The number of aryl methyl sites for hydroxylation is 1. The van der Waals surface area contributed by atoms with Crippen molar-refractivity contribution in [3.63, 3.8) is 0 Å². The van der Waals surface area contributed by atoms with Crippen LogP contribution in [0.15, 0.2) is 48.5 Å². The Morgan fingerprint density at radius 3 is 2.61 bits per heavy atom. The zero-order valence-electron chi connectivity index (χ0n) is 12.5. The van der Waals surface area contributed by atoms with Crippen LogP contribution in [0.5, 0.6) is 0 Å². The Labute approximate surface area is 132 Å². The molecule has 1 heterocycles. The molecule has 2 aromatic carbocycles. The molecule has 0 atom stereocenters. The molecular formula is C16H15N5O2. The molecule has 116 valence electrons. The van der Waals surface area contributed by atoms with Gasteiger partial charge in [0, 0.05) is 24.2 Å². The van der Waals surface area contributed by atoms with Crippen molar-refractivity contribution in [2.75, 3.05) is 0 Å². The first-order valence-electron chi connectivity index (χ1n) is 7.07. The number of nitro benzene ring substituents is 1. The highest BCUT2D eigenvalue weighted by molar-refractivity contribution is 5.65. The Morgan fingerprint density at radius 1 is 1.22 bits per heavy atom. The molecule has 0 radical (unpaired) electrons. The highest BCUT2D eigenvalue weighted by Gasteiger charge is 2.18. The van der Waals surface area contributed by atoms with Gasteiger partial charge in [-0.15, -0.1) is 5.10 Å². The van der Waals surface area contributed by atoms with Gasteiger partial charge in [-0.2, -0.15) is 0 Å². The molecule has 3 rings (SSSR count). The molecule has 1 aromatic heterocycles. The van der Waals surface area contributed by atoms with Crippen molar-refractivity contribution in [1.82, 2.24) is 15.0 Å². The lowest BCUT2D eigenvalue weighted by atomic mass is 10.1. The summed E-state index contributed by atoms with van der Waals surface area (Å²) < 4.78 is 1.61. The highest BCUT2D eigenvalue weighted by Crippen LogP contribution is 2.28. The Morgan fingerprint density at radius 2 is 1.96 bits per heavy atom. The lowest BCUT2D eigenvalue weighted by molar-refractivity contribution is -0.384. The molecule has 7 heteroatoms. The maximum atomic E-state index is 11.1. The average Bonchev–Trinajstić information content (AvgIpc) is 2.99. The molecular weight excluding hydrogens is 294 g/mol. The molecule has 7 nitrogen and oxygen atoms in total. The Balaban J connectivity index is 2.24. The van der Waals surface area contributed by atoms with Crippen LogP contribution in [0.1, 0.15) is 11.3 Å². The van der Waals surface area contributed by atoms with Gasteiger partial charge < -0.3 is 5.73 Å². The van der Waals surface area contributed by atoms with Crippen LogP contribution in [0, 0.1) is 17.0 Å². The van der Waals surface area contributed by atoms with Gasteiger partial charge in [0.1, 0.15) is 5.69 Å². The van der Waals surface area contributed by atoms with Crippen LogP contribution in [0.2, 0.25) is 0 Å². The predicted octanol–water partition coefficient (Wildman–Crippen LogP) is 2.61. The number of nitro groups is 1. The van der Waals surface area contributed by atoms with Gasteiger partial charge in [-0.25, -0.2) is 4.68 Å². The van der Waals surface area contributed by atoms with E-state index < -0.39 is 4.92 Å². The minimum absolute atomic E-state index is 0.00871. The van der Waals surface area contributed by atoms with E-state index in [4.69, 9.17) is 5.73 Å². The first-order valence-corrected chi connectivity index (χ1v) is 7.07. The number of aromatic nitrogens is 3. The first-order chi connectivity index (χ1) is 11.1. The predicted molar refractivity (Wildman–Crippen MR) is 86.1 cm³/mol. The molecule has 0 saturated carbocycles. The van der Waals surface area contributed by atoms with E-state index in [1.54, 1.807) is 10.7 Å². The van der Waals surface area contributed by atoms with Crippen LogP contribution >= 0.6 is 0 Å². The van der Waals surface area contributed by atoms with Gasteiger partial charge in [0.25, 0.3) is 5.69 Å². The minimum Gasteiger partial charge on any atom is -0.325 e. The smallest absolute Gasteiger partial charge is 0.271 e. The van der Waals surface area contributed by atoms with E-state index in [0.29, 0.717) is 11.4 Å². The maximum absolute atomic E-state index is 11.1. The van der Waals surface area contributed by atoms with E-state index in [-0.39, 0.29) is 12.2 Å². The van der Waals surface area contributed by atoms with Gasteiger partial charge in [-0.05, 0) is 12.5 Å². The van der Waals surface area contributed by atoms with Gasteiger partial charge in [0.05, 0.1) is 16.3 Å². The van der Waals surface area contributed by atoms with Crippen molar-refractivity contribution in [2.24, 2.45) is 5.73 Å². The van der Waals surface area contributed by atoms with Crippen LogP contribution < -0.4 is 5.73 Å². The Kier molecular flexibility index (Phi) is 3.86. The summed E-state index contributed by atoms with van der Waals surface area (Å²) in [5, 5.41) is 19.3. The molecule has 0 aliphatic heterocycles. The molecule has 0 aliphatic carbocycles. The molecule has 0 fully saturated rings. The topological polar surface area (TPSA) is 99.9 Å². The summed E-state index contributed by atoms with van der Waals surface area (Å²) in [7, 11) is 0. The quantitative estimate of drug-likeness (QED) is 0.590. The second-order valence-corrected chi connectivity index (χ2v) is 5.09. The van der Waals surface area contributed by atoms with Crippen LogP contribution in [0.25, 0.3) is 16.9 Å². The zero-order valence-corrected chi connectivity index (χ0v) is 12.5. The van der Waals surface area contributed by atoms with Crippen LogP contribution in [-0.4, -0.2) is 19.9 Å². The van der Waals surface area contributed by atoms with Gasteiger partial charge in [0.15, 0.2) is 0 Å². The van der Waals surface area contributed by atoms with E-state index in [1.165, 1.54) is 12.1 Å². The molecule has 3 aromatic rings. The molecule has 0 bridgehead atoms. The van der Waals surface area contributed by atoms with Crippen LogP contribution in [0.3, 0.4) is 0 Å². The van der Waals surface area contributed by atoms with Crippen LogP contribution in [-0.2, 0) is 6.54 Å². The molecule has 2 N–H and O–H groups in total. The lowest BCUT2D eigenvalue weighted by Gasteiger charge is -2.10. The maximum Gasteiger partial charge on any atom is 0.271 e. The largest absolute Gasteiger partial charge is 0.325 e. The number of nitrogens with zero attached hydrogens (tertiary/aromatic N) is 4. The fraction of sp³-hybridized carbons (Fsp3) is 0.125. The van der Waals surface area contributed by atoms with E-state index in [2.05, 4.69) is 10.3 Å². The molecule has 0 spiro atoms. The Bertz CT molecular complexity index is 858. The summed E-state index contributed by atoms with van der Waals surface area (Å²) in [5.74, 6) is 0. The van der Waals surface area contributed by atoms with E-state index >= 15 is 0 Å². The second kappa shape index (κ2) is 5.98. The Hall–Kier alpha value is -3.06. The third kappa shape index (κ3) is 2.69. The summed E-state index contributed by atoms with van der Waals surface area (Å²) in [4.78, 5) is 10.6. The summed E-state index contributed by atoms with van der Waals surface area (Å²) in [6.45, 7) is 2.11.